The molecule has 0 amide bonds. The van der Waals surface area contributed by atoms with E-state index in [0.29, 0.717) is 18.7 Å². The Labute approximate surface area is 198 Å². The molecule has 0 bridgehead atoms. The second-order valence-electron chi connectivity index (χ2n) is 9.06. The Morgan fingerprint density at radius 1 is 0.941 bits per heavy atom. The molecule has 0 saturated carbocycles. The van der Waals surface area contributed by atoms with Crippen LogP contribution in [0, 0.1) is 5.92 Å². The van der Waals surface area contributed by atoms with Gasteiger partial charge >= 0.3 is 0 Å². The molecule has 1 unspecified atom stereocenters. The summed E-state index contributed by atoms with van der Waals surface area (Å²) in [4.78, 5) is 32.5. The molecule has 9 heteroatoms. The van der Waals surface area contributed by atoms with E-state index >= 15 is 0 Å². The van der Waals surface area contributed by atoms with E-state index in [2.05, 4.69) is 20.5 Å². The van der Waals surface area contributed by atoms with Gasteiger partial charge in [0.15, 0.2) is 0 Å². The molecule has 2 heterocycles. The first-order chi connectivity index (χ1) is 16.3. The molecule has 0 aliphatic carbocycles. The molecule has 180 valence electrons. The van der Waals surface area contributed by atoms with Crippen LogP contribution in [0.4, 0.5) is 22.7 Å². The summed E-state index contributed by atoms with van der Waals surface area (Å²) in [5.41, 5.74) is 0.843. The number of nitrogens with one attached hydrogen (secondary N) is 2. The molecule has 2 atom stereocenters. The highest BCUT2D eigenvalue weighted by Crippen LogP contribution is 2.36. The van der Waals surface area contributed by atoms with Crippen molar-refractivity contribution >= 4 is 22.7 Å². The number of phenolic OH excluding ortho intramolecular Hbond substituents is 1. The minimum absolute atomic E-state index is 0.00332. The third-order valence-corrected chi connectivity index (χ3v) is 6.58. The summed E-state index contributed by atoms with van der Waals surface area (Å²) in [6.07, 6.45) is 2.51. The van der Waals surface area contributed by atoms with Gasteiger partial charge in [0, 0.05) is 55.9 Å². The normalized spacial score (nSPS) is 16.6. The topological polar surface area (TPSA) is 118 Å². The smallest absolute Gasteiger partial charge is 0.253 e. The quantitative estimate of drug-likeness (QED) is 0.294. The van der Waals surface area contributed by atoms with Gasteiger partial charge in [0.25, 0.3) is 10.9 Å². The Kier molecular flexibility index (Phi) is 6.85. The molecule has 4 N–H and O–H groups in total. The summed E-state index contributed by atoms with van der Waals surface area (Å²) < 4.78 is 0. The summed E-state index contributed by atoms with van der Waals surface area (Å²) >= 11 is 0. The molecule has 4 rings (SSSR count). The van der Waals surface area contributed by atoms with E-state index in [9.17, 15) is 19.8 Å². The van der Waals surface area contributed by atoms with Crippen LogP contribution in [0.15, 0.2) is 52.3 Å². The second-order valence-corrected chi connectivity index (χ2v) is 9.06. The summed E-state index contributed by atoms with van der Waals surface area (Å²) in [6.45, 7) is 8.65. The van der Waals surface area contributed by atoms with Crippen LogP contribution < -0.4 is 26.4 Å². The van der Waals surface area contributed by atoms with Crippen LogP contribution in [0.1, 0.15) is 32.6 Å². The van der Waals surface area contributed by atoms with Crippen molar-refractivity contribution < 1.29 is 10.2 Å². The van der Waals surface area contributed by atoms with Gasteiger partial charge in [-0.2, -0.15) is 0 Å². The number of rotatable bonds is 8. The number of para-hydroxylation sites is 1. The second kappa shape index (κ2) is 9.82. The van der Waals surface area contributed by atoms with Crippen molar-refractivity contribution in [3.63, 3.8) is 0 Å². The minimum Gasteiger partial charge on any atom is -0.505 e. The minimum atomic E-state index is -1.01. The zero-order valence-electron chi connectivity index (χ0n) is 19.7. The van der Waals surface area contributed by atoms with Crippen LogP contribution in [0.25, 0.3) is 0 Å². The van der Waals surface area contributed by atoms with Gasteiger partial charge in [-0.3, -0.25) is 19.5 Å². The molecule has 2 aromatic carbocycles. The number of aromatic nitrogens is 1. The zero-order chi connectivity index (χ0) is 24.4. The van der Waals surface area contributed by atoms with Crippen molar-refractivity contribution in [1.29, 1.82) is 0 Å². The number of aliphatic hydroxyl groups is 1. The molecule has 0 spiro atoms. The van der Waals surface area contributed by atoms with E-state index in [1.807, 2.05) is 37.8 Å². The van der Waals surface area contributed by atoms with Crippen molar-refractivity contribution in [1.82, 2.24) is 9.88 Å². The number of aromatic hydroxyl groups is 1. The lowest BCUT2D eigenvalue weighted by Crippen LogP contribution is -2.47. The van der Waals surface area contributed by atoms with Crippen molar-refractivity contribution in [3.8, 4) is 5.75 Å². The van der Waals surface area contributed by atoms with Gasteiger partial charge in [-0.05, 0) is 31.0 Å². The molecule has 1 saturated heterocycles. The lowest BCUT2D eigenvalue weighted by atomic mass is 10.0. The standard InChI is InChI=1S/C25H31N5O4/c1-15(2)16(3)27-20-21(24(33)23(20)32)28-19-6-4-5-18(22(19)31)25(34)30-13-11-29(12-14-30)17-7-9-26-10-8-17/h4-10,15-16,25,27-28,31,34H,11-14H2,1-3H3/t16-,25?/m0/s1. The first-order valence-electron chi connectivity index (χ1n) is 11.5. The van der Waals surface area contributed by atoms with E-state index in [0.717, 1.165) is 18.8 Å². The largest absolute Gasteiger partial charge is 0.505 e. The first kappa shape index (κ1) is 23.7. The number of benzene rings is 1. The first-order valence-corrected chi connectivity index (χ1v) is 11.5. The summed E-state index contributed by atoms with van der Waals surface area (Å²) in [7, 11) is 0. The summed E-state index contributed by atoms with van der Waals surface area (Å²) in [5, 5.41) is 27.9. The highest BCUT2D eigenvalue weighted by Gasteiger charge is 2.28. The van der Waals surface area contributed by atoms with Crippen LogP contribution in [-0.4, -0.2) is 52.3 Å². The fourth-order valence-corrected chi connectivity index (χ4v) is 4.02. The van der Waals surface area contributed by atoms with Crippen molar-refractivity contribution in [2.24, 2.45) is 5.92 Å². The third kappa shape index (κ3) is 4.62. The zero-order valence-corrected chi connectivity index (χ0v) is 19.7. The predicted molar refractivity (Wildman–Crippen MR) is 134 cm³/mol. The highest BCUT2D eigenvalue weighted by atomic mass is 16.3. The maximum atomic E-state index is 12.2. The average Bonchev–Trinajstić information content (AvgIpc) is 2.86. The number of phenols is 1. The molecule has 1 fully saturated rings. The van der Waals surface area contributed by atoms with E-state index in [1.165, 1.54) is 0 Å². The Morgan fingerprint density at radius 2 is 1.59 bits per heavy atom. The Balaban J connectivity index is 1.47. The Morgan fingerprint density at radius 3 is 2.24 bits per heavy atom. The molecule has 1 aliphatic rings. The average molecular weight is 466 g/mol. The maximum Gasteiger partial charge on any atom is 0.253 e. The van der Waals surface area contributed by atoms with Crippen LogP contribution in [0.5, 0.6) is 5.75 Å². The molecule has 3 aromatic rings. The number of pyridine rings is 1. The molecule has 34 heavy (non-hydrogen) atoms. The number of nitrogens with zero attached hydrogens (tertiary/aromatic N) is 3. The molecular weight excluding hydrogens is 434 g/mol. The number of hydrogen-bond donors (Lipinski definition) is 4. The summed E-state index contributed by atoms with van der Waals surface area (Å²) in [5.74, 6) is 0.116. The van der Waals surface area contributed by atoms with Crippen molar-refractivity contribution in [3.05, 3.63) is 68.7 Å². The van der Waals surface area contributed by atoms with E-state index in [4.69, 9.17) is 0 Å². The Bertz CT molecular complexity index is 1200. The van der Waals surface area contributed by atoms with Gasteiger partial charge in [0.1, 0.15) is 23.4 Å². The van der Waals surface area contributed by atoms with E-state index in [-0.39, 0.29) is 34.8 Å². The van der Waals surface area contributed by atoms with Crippen LogP contribution in [-0.2, 0) is 0 Å². The maximum absolute atomic E-state index is 12.2. The van der Waals surface area contributed by atoms with Gasteiger partial charge in [-0.25, -0.2) is 0 Å². The Hall–Kier alpha value is -3.43. The van der Waals surface area contributed by atoms with Crippen LogP contribution >= 0.6 is 0 Å². The van der Waals surface area contributed by atoms with E-state index in [1.54, 1.807) is 30.6 Å². The number of piperazine rings is 1. The van der Waals surface area contributed by atoms with E-state index < -0.39 is 17.1 Å². The lowest BCUT2D eigenvalue weighted by molar-refractivity contribution is -0.00305. The monoisotopic (exact) mass is 465 g/mol. The predicted octanol–water partition coefficient (Wildman–Crippen LogP) is 2.40. The van der Waals surface area contributed by atoms with Gasteiger partial charge < -0.3 is 25.7 Å². The highest BCUT2D eigenvalue weighted by molar-refractivity contribution is 5.81. The molecule has 0 radical (unpaired) electrons. The third-order valence-electron chi connectivity index (χ3n) is 6.58. The van der Waals surface area contributed by atoms with Crippen LogP contribution in [0.2, 0.25) is 0 Å². The van der Waals surface area contributed by atoms with Gasteiger partial charge in [0.05, 0.1) is 5.69 Å². The van der Waals surface area contributed by atoms with Crippen molar-refractivity contribution in [2.45, 2.75) is 33.0 Å². The molecule has 1 aromatic heterocycles. The molecule has 1 aliphatic heterocycles. The SMILES string of the molecule is CC(C)[C@H](C)Nc1c(Nc2cccc(C(O)N3CCN(c4ccncc4)CC3)c2O)c(=O)c1=O. The van der Waals surface area contributed by atoms with Gasteiger partial charge in [0.2, 0.25) is 0 Å². The number of aliphatic hydroxyl groups excluding tert-OH is 1. The molecular formula is C25H31N5O4. The number of hydrogen-bond acceptors (Lipinski definition) is 9. The van der Waals surface area contributed by atoms with Crippen LogP contribution in [0.3, 0.4) is 0 Å². The number of anilines is 4. The van der Waals surface area contributed by atoms with Gasteiger partial charge in [-0.15, -0.1) is 0 Å². The van der Waals surface area contributed by atoms with Gasteiger partial charge in [-0.1, -0.05) is 26.0 Å². The fraction of sp³-hybridized carbons (Fsp3) is 0.400. The summed E-state index contributed by atoms with van der Waals surface area (Å²) in [6, 6.07) is 8.88. The molecule has 9 nitrogen and oxygen atoms in total. The van der Waals surface area contributed by atoms with Crippen molar-refractivity contribution in [2.75, 3.05) is 41.7 Å². The fourth-order valence-electron chi connectivity index (χ4n) is 4.02. The lowest BCUT2D eigenvalue weighted by Gasteiger charge is -2.38.